The number of aliphatic hydroxyl groups is 1. The predicted octanol–water partition coefficient (Wildman–Crippen LogP) is 0.925. The van der Waals surface area contributed by atoms with Crippen molar-refractivity contribution in [1.82, 2.24) is 10.2 Å². The highest BCUT2D eigenvalue weighted by Gasteiger charge is 2.27. The number of hydrogen-bond donors (Lipinski definition) is 2. The monoisotopic (exact) mass is 244 g/mol. The Morgan fingerprint density at radius 2 is 2.19 bits per heavy atom. The summed E-state index contributed by atoms with van der Waals surface area (Å²) in [5, 5.41) is 14.1. The minimum Gasteiger partial charge on any atom is -0.390 e. The van der Waals surface area contributed by atoms with Crippen molar-refractivity contribution < 1.29 is 5.11 Å². The van der Waals surface area contributed by atoms with Gasteiger partial charge in [-0.05, 0) is 19.8 Å². The van der Waals surface area contributed by atoms with E-state index in [2.05, 4.69) is 24.1 Å². The predicted molar refractivity (Wildman–Crippen MR) is 70.0 cm³/mol. The van der Waals surface area contributed by atoms with Crippen LogP contribution in [0.25, 0.3) is 0 Å². The molecular formula is C12H24N2OS. The molecule has 1 aliphatic heterocycles. The van der Waals surface area contributed by atoms with Crippen molar-refractivity contribution in [3.63, 3.8) is 0 Å². The van der Waals surface area contributed by atoms with Gasteiger partial charge in [-0.1, -0.05) is 6.92 Å². The van der Waals surface area contributed by atoms with Crippen LogP contribution in [0.1, 0.15) is 26.7 Å². The summed E-state index contributed by atoms with van der Waals surface area (Å²) in [4.78, 5) is 2.43. The molecule has 0 spiro atoms. The lowest BCUT2D eigenvalue weighted by Gasteiger charge is -2.38. The fourth-order valence-corrected chi connectivity index (χ4v) is 3.34. The lowest BCUT2D eigenvalue weighted by Crippen LogP contribution is -2.49. The Balaban J connectivity index is 1.69. The molecule has 3 nitrogen and oxygen atoms in total. The molecule has 0 aromatic heterocycles. The first-order valence-corrected chi connectivity index (χ1v) is 7.49. The van der Waals surface area contributed by atoms with E-state index in [0.29, 0.717) is 17.3 Å². The third-order valence-corrected chi connectivity index (χ3v) is 5.02. The van der Waals surface area contributed by atoms with Gasteiger partial charge in [0.1, 0.15) is 0 Å². The second-order valence-electron chi connectivity index (χ2n) is 5.15. The number of aliphatic hydroxyl groups excluding tert-OH is 1. The summed E-state index contributed by atoms with van der Waals surface area (Å²) in [5.74, 6) is 1.20. The average Bonchev–Trinajstić information content (AvgIpc) is 3.06. The van der Waals surface area contributed by atoms with Gasteiger partial charge in [-0.3, -0.25) is 4.90 Å². The van der Waals surface area contributed by atoms with E-state index in [-0.39, 0.29) is 6.10 Å². The quantitative estimate of drug-likeness (QED) is 0.754. The Morgan fingerprint density at radius 1 is 1.44 bits per heavy atom. The van der Waals surface area contributed by atoms with Crippen molar-refractivity contribution in [3.05, 3.63) is 0 Å². The van der Waals surface area contributed by atoms with Crippen LogP contribution in [-0.2, 0) is 0 Å². The first-order chi connectivity index (χ1) is 7.66. The minimum absolute atomic E-state index is 0.210. The summed E-state index contributed by atoms with van der Waals surface area (Å²) < 4.78 is 0. The normalized spacial score (nSPS) is 33.9. The van der Waals surface area contributed by atoms with Gasteiger partial charge in [0.25, 0.3) is 0 Å². The summed E-state index contributed by atoms with van der Waals surface area (Å²) in [6.07, 6.45) is 2.37. The Morgan fingerprint density at radius 3 is 2.88 bits per heavy atom. The first-order valence-electron chi connectivity index (χ1n) is 6.44. The average molecular weight is 244 g/mol. The number of thioether (sulfide) groups is 1. The van der Waals surface area contributed by atoms with Crippen molar-refractivity contribution >= 4 is 11.8 Å². The molecule has 0 radical (unpaired) electrons. The maximum absolute atomic E-state index is 9.97. The first kappa shape index (κ1) is 12.7. The molecule has 94 valence electrons. The highest BCUT2D eigenvalue weighted by atomic mass is 32.2. The molecule has 1 heterocycles. The lowest BCUT2D eigenvalue weighted by molar-refractivity contribution is 0.0919. The van der Waals surface area contributed by atoms with Crippen LogP contribution in [0.4, 0.5) is 0 Å². The maximum Gasteiger partial charge on any atom is 0.0791 e. The second-order valence-corrected chi connectivity index (χ2v) is 6.63. The van der Waals surface area contributed by atoms with Crippen molar-refractivity contribution in [3.8, 4) is 0 Å². The van der Waals surface area contributed by atoms with Crippen LogP contribution in [0.5, 0.6) is 0 Å². The molecule has 2 rings (SSSR count). The molecule has 0 bridgehead atoms. The minimum atomic E-state index is -0.210. The summed E-state index contributed by atoms with van der Waals surface area (Å²) in [6.45, 7) is 7.27. The van der Waals surface area contributed by atoms with E-state index in [1.54, 1.807) is 0 Å². The van der Waals surface area contributed by atoms with E-state index in [4.69, 9.17) is 0 Å². The van der Waals surface area contributed by atoms with Crippen LogP contribution in [-0.4, -0.2) is 58.8 Å². The van der Waals surface area contributed by atoms with Gasteiger partial charge in [0.2, 0.25) is 0 Å². The maximum atomic E-state index is 9.97. The number of β-amino-alcohol motifs (C(OH)–C–C–N with tert-alkyl or cyclic N) is 1. The molecule has 0 aromatic rings. The summed E-state index contributed by atoms with van der Waals surface area (Å²) in [6, 6.07) is 1.29. The molecule has 16 heavy (non-hydrogen) atoms. The third-order valence-electron chi connectivity index (χ3n) is 3.68. The Hall–Kier alpha value is 0.230. The standard InChI is InChI=1S/C12H24N2OS/c1-9-10(2)16-6-5-14(9)8-12(15)7-13-11-3-4-11/h9-13,15H,3-8H2,1-2H3. The van der Waals surface area contributed by atoms with E-state index in [9.17, 15) is 5.11 Å². The molecule has 0 amide bonds. The van der Waals surface area contributed by atoms with Crippen LogP contribution in [0.3, 0.4) is 0 Å². The molecule has 1 aliphatic carbocycles. The zero-order chi connectivity index (χ0) is 11.5. The molecule has 4 heteroatoms. The smallest absolute Gasteiger partial charge is 0.0791 e. The van der Waals surface area contributed by atoms with E-state index in [1.807, 2.05) is 11.8 Å². The Labute approximate surface area is 103 Å². The molecule has 2 fully saturated rings. The van der Waals surface area contributed by atoms with Gasteiger partial charge in [-0.15, -0.1) is 0 Å². The van der Waals surface area contributed by atoms with Crippen molar-refractivity contribution in [2.75, 3.05) is 25.4 Å². The van der Waals surface area contributed by atoms with Crippen LogP contribution >= 0.6 is 11.8 Å². The Bertz CT molecular complexity index is 223. The number of nitrogens with zero attached hydrogens (tertiary/aromatic N) is 1. The summed E-state index contributed by atoms with van der Waals surface area (Å²) in [5.41, 5.74) is 0. The van der Waals surface area contributed by atoms with E-state index in [1.165, 1.54) is 18.6 Å². The lowest BCUT2D eigenvalue weighted by atomic mass is 10.2. The molecule has 2 aliphatic rings. The molecule has 1 saturated heterocycles. The van der Waals surface area contributed by atoms with Gasteiger partial charge >= 0.3 is 0 Å². The fourth-order valence-electron chi connectivity index (χ4n) is 2.18. The highest BCUT2D eigenvalue weighted by Crippen LogP contribution is 2.24. The van der Waals surface area contributed by atoms with Gasteiger partial charge in [-0.25, -0.2) is 0 Å². The van der Waals surface area contributed by atoms with Gasteiger partial charge in [0, 0.05) is 42.7 Å². The van der Waals surface area contributed by atoms with Crippen molar-refractivity contribution in [2.45, 2.75) is 50.1 Å². The SMILES string of the molecule is CC1SCCN(CC(O)CNC2CC2)C1C. The number of nitrogens with one attached hydrogen (secondary N) is 1. The molecule has 3 unspecified atom stereocenters. The van der Waals surface area contributed by atoms with E-state index in [0.717, 1.165) is 19.6 Å². The Kier molecular flexibility index (Phi) is 4.53. The van der Waals surface area contributed by atoms with Gasteiger partial charge in [0.15, 0.2) is 0 Å². The van der Waals surface area contributed by atoms with E-state index < -0.39 is 0 Å². The van der Waals surface area contributed by atoms with Crippen LogP contribution in [0.2, 0.25) is 0 Å². The topological polar surface area (TPSA) is 35.5 Å². The highest BCUT2D eigenvalue weighted by molar-refractivity contribution is 8.00. The second kappa shape index (κ2) is 5.71. The number of rotatable bonds is 5. The molecule has 3 atom stereocenters. The fraction of sp³-hybridized carbons (Fsp3) is 1.00. The van der Waals surface area contributed by atoms with E-state index >= 15 is 0 Å². The molecule has 2 N–H and O–H groups in total. The molecule has 0 aromatic carbocycles. The zero-order valence-electron chi connectivity index (χ0n) is 10.4. The van der Waals surface area contributed by atoms with Crippen LogP contribution in [0, 0.1) is 0 Å². The van der Waals surface area contributed by atoms with Crippen molar-refractivity contribution in [2.24, 2.45) is 0 Å². The summed E-state index contributed by atoms with van der Waals surface area (Å²) >= 11 is 2.05. The molecule has 1 saturated carbocycles. The van der Waals surface area contributed by atoms with Gasteiger partial charge in [-0.2, -0.15) is 11.8 Å². The molecular weight excluding hydrogens is 220 g/mol. The van der Waals surface area contributed by atoms with Crippen LogP contribution in [0.15, 0.2) is 0 Å². The zero-order valence-corrected chi connectivity index (χ0v) is 11.2. The van der Waals surface area contributed by atoms with Crippen LogP contribution < -0.4 is 5.32 Å². The van der Waals surface area contributed by atoms with Crippen molar-refractivity contribution in [1.29, 1.82) is 0 Å². The van der Waals surface area contributed by atoms with Gasteiger partial charge < -0.3 is 10.4 Å². The third kappa shape index (κ3) is 3.62. The number of hydrogen-bond acceptors (Lipinski definition) is 4. The summed E-state index contributed by atoms with van der Waals surface area (Å²) in [7, 11) is 0. The van der Waals surface area contributed by atoms with Gasteiger partial charge in [0.05, 0.1) is 6.10 Å². The largest absolute Gasteiger partial charge is 0.390 e.